The Hall–Kier alpha value is -2.29. The normalized spacial score (nSPS) is 16.4. The lowest BCUT2D eigenvalue weighted by atomic mass is 10.1. The van der Waals surface area contributed by atoms with Crippen LogP contribution in [0, 0.1) is 0 Å². The summed E-state index contributed by atoms with van der Waals surface area (Å²) in [5.74, 6) is -0.579. The molecule has 3 rings (SSSR count). The van der Waals surface area contributed by atoms with Crippen LogP contribution in [0.5, 0.6) is 0 Å². The molecule has 1 fully saturated rings. The number of anilines is 1. The van der Waals surface area contributed by atoms with Crippen molar-refractivity contribution in [2.45, 2.75) is 6.92 Å². The van der Waals surface area contributed by atoms with Crippen molar-refractivity contribution < 1.29 is 9.59 Å². The number of thiazole rings is 1. The standard InChI is InChI=1S/C18H15N3O2S3/c1-12(9-13-5-3-2-4-6-13)10-14-16(23)21(18(24)26-14)11-15(22)20-17-19-7-8-25-17/h2-10H,11H2,1H3,(H,19,20,22)/b12-9+,14-10-. The minimum atomic E-state index is -0.325. The molecule has 1 aliphatic heterocycles. The van der Waals surface area contributed by atoms with Gasteiger partial charge in [-0.05, 0) is 24.1 Å². The number of thioether (sulfide) groups is 1. The molecule has 0 unspecified atom stereocenters. The third-order valence-electron chi connectivity index (χ3n) is 3.41. The highest BCUT2D eigenvalue weighted by Gasteiger charge is 2.33. The Morgan fingerprint density at radius 3 is 2.81 bits per heavy atom. The number of carbonyl (C=O) groups is 2. The van der Waals surface area contributed by atoms with E-state index < -0.39 is 0 Å². The topological polar surface area (TPSA) is 62.3 Å². The summed E-state index contributed by atoms with van der Waals surface area (Å²) in [5, 5.41) is 4.91. The van der Waals surface area contributed by atoms with Crippen LogP contribution in [-0.4, -0.2) is 32.6 Å². The van der Waals surface area contributed by atoms with Crippen LogP contribution >= 0.6 is 35.3 Å². The van der Waals surface area contributed by atoms with E-state index in [4.69, 9.17) is 12.2 Å². The van der Waals surface area contributed by atoms with Gasteiger partial charge in [0.05, 0.1) is 4.91 Å². The summed E-state index contributed by atoms with van der Waals surface area (Å²) in [6, 6.07) is 9.85. The van der Waals surface area contributed by atoms with Gasteiger partial charge >= 0.3 is 0 Å². The summed E-state index contributed by atoms with van der Waals surface area (Å²) in [6.07, 6.45) is 5.39. The van der Waals surface area contributed by atoms with E-state index in [-0.39, 0.29) is 18.4 Å². The molecule has 0 atom stereocenters. The average Bonchev–Trinajstić information content (AvgIpc) is 3.20. The number of carbonyl (C=O) groups excluding carboxylic acids is 2. The molecule has 1 aromatic carbocycles. The van der Waals surface area contributed by atoms with E-state index in [0.29, 0.717) is 14.4 Å². The molecule has 2 aromatic rings. The van der Waals surface area contributed by atoms with Gasteiger partial charge in [0.15, 0.2) is 5.13 Å². The maximum atomic E-state index is 12.6. The summed E-state index contributed by atoms with van der Waals surface area (Å²) in [6.45, 7) is 1.80. The van der Waals surface area contributed by atoms with Crippen LogP contribution in [0.15, 0.2) is 58.5 Å². The first-order valence-electron chi connectivity index (χ1n) is 7.71. The van der Waals surface area contributed by atoms with Gasteiger partial charge in [0.25, 0.3) is 5.91 Å². The SMILES string of the molecule is CC(/C=C1\SC(=S)N(CC(=O)Nc2nccs2)C1=O)=C\c1ccccc1. The van der Waals surface area contributed by atoms with E-state index in [1.54, 1.807) is 17.7 Å². The van der Waals surface area contributed by atoms with Crippen LogP contribution in [0.25, 0.3) is 6.08 Å². The molecule has 0 bridgehead atoms. The fourth-order valence-electron chi connectivity index (χ4n) is 2.28. The van der Waals surface area contributed by atoms with Crippen LogP contribution < -0.4 is 5.32 Å². The Bertz CT molecular complexity index is 890. The van der Waals surface area contributed by atoms with Crippen LogP contribution in [-0.2, 0) is 9.59 Å². The smallest absolute Gasteiger partial charge is 0.266 e. The largest absolute Gasteiger partial charge is 0.300 e. The summed E-state index contributed by atoms with van der Waals surface area (Å²) in [5.41, 5.74) is 1.99. The highest BCUT2D eigenvalue weighted by molar-refractivity contribution is 8.26. The van der Waals surface area contributed by atoms with E-state index in [0.717, 1.165) is 11.1 Å². The molecule has 0 saturated carbocycles. The maximum Gasteiger partial charge on any atom is 0.266 e. The van der Waals surface area contributed by atoms with Crippen molar-refractivity contribution in [3.63, 3.8) is 0 Å². The number of amides is 2. The van der Waals surface area contributed by atoms with Crippen molar-refractivity contribution in [3.8, 4) is 0 Å². The molecular formula is C18H15N3O2S3. The number of nitrogens with one attached hydrogen (secondary N) is 1. The van der Waals surface area contributed by atoms with Gasteiger partial charge in [-0.2, -0.15) is 0 Å². The second-order valence-corrected chi connectivity index (χ2v) is 8.02. The Kier molecular flexibility index (Phi) is 5.97. The number of thiocarbonyl (C=S) groups is 1. The number of aromatic nitrogens is 1. The van der Waals surface area contributed by atoms with Crippen molar-refractivity contribution in [3.05, 3.63) is 64.0 Å². The first kappa shape index (κ1) is 18.5. The Balaban J connectivity index is 1.68. The molecule has 0 aliphatic carbocycles. The van der Waals surface area contributed by atoms with Gasteiger partial charge in [-0.3, -0.25) is 14.5 Å². The van der Waals surface area contributed by atoms with Gasteiger partial charge in [-0.15, -0.1) is 11.3 Å². The van der Waals surface area contributed by atoms with Crippen LogP contribution in [0.4, 0.5) is 5.13 Å². The van der Waals surface area contributed by atoms with Gasteiger partial charge in [0.1, 0.15) is 10.9 Å². The zero-order valence-corrected chi connectivity index (χ0v) is 16.3. The van der Waals surface area contributed by atoms with Crippen LogP contribution in [0.1, 0.15) is 12.5 Å². The molecule has 1 aliphatic rings. The molecule has 8 heteroatoms. The fourth-order valence-corrected chi connectivity index (χ4v) is 4.13. The Morgan fingerprint density at radius 2 is 2.12 bits per heavy atom. The van der Waals surface area contributed by atoms with Gasteiger partial charge in [-0.1, -0.05) is 60.4 Å². The van der Waals surface area contributed by atoms with E-state index in [2.05, 4.69) is 10.3 Å². The van der Waals surface area contributed by atoms with Crippen LogP contribution in [0.2, 0.25) is 0 Å². The molecule has 1 N–H and O–H groups in total. The molecule has 2 heterocycles. The number of hydrogen-bond acceptors (Lipinski definition) is 6. The summed E-state index contributed by atoms with van der Waals surface area (Å²) < 4.78 is 0.378. The number of nitrogens with zero attached hydrogens (tertiary/aromatic N) is 2. The van der Waals surface area contributed by atoms with E-state index in [1.165, 1.54) is 28.0 Å². The highest BCUT2D eigenvalue weighted by atomic mass is 32.2. The minimum absolute atomic E-state index is 0.122. The molecule has 132 valence electrons. The molecule has 1 aromatic heterocycles. The zero-order chi connectivity index (χ0) is 18.5. The molecule has 2 amide bonds. The van der Waals surface area contributed by atoms with Gasteiger partial charge in [0, 0.05) is 11.6 Å². The van der Waals surface area contributed by atoms with Crippen molar-refractivity contribution in [2.75, 3.05) is 11.9 Å². The fraction of sp³-hybridized carbons (Fsp3) is 0.111. The number of allylic oxidation sites excluding steroid dienone is 2. The zero-order valence-electron chi connectivity index (χ0n) is 13.8. The lowest BCUT2D eigenvalue weighted by Gasteiger charge is -2.13. The van der Waals surface area contributed by atoms with Crippen molar-refractivity contribution in [1.29, 1.82) is 0 Å². The molecular weight excluding hydrogens is 386 g/mol. The van der Waals surface area contributed by atoms with Crippen molar-refractivity contribution in [2.24, 2.45) is 0 Å². The average molecular weight is 402 g/mol. The number of hydrogen-bond donors (Lipinski definition) is 1. The van der Waals surface area contributed by atoms with E-state index in [1.807, 2.05) is 43.3 Å². The monoisotopic (exact) mass is 401 g/mol. The second kappa shape index (κ2) is 8.39. The Labute approximate surface area is 164 Å². The summed E-state index contributed by atoms with van der Waals surface area (Å²) >= 11 is 7.78. The predicted octanol–water partition coefficient (Wildman–Crippen LogP) is 3.93. The van der Waals surface area contributed by atoms with Crippen molar-refractivity contribution in [1.82, 2.24) is 9.88 Å². The Morgan fingerprint density at radius 1 is 1.35 bits per heavy atom. The molecule has 0 spiro atoms. The third-order valence-corrected chi connectivity index (χ3v) is 5.47. The molecule has 1 saturated heterocycles. The molecule has 0 radical (unpaired) electrons. The quantitative estimate of drug-likeness (QED) is 0.608. The van der Waals surface area contributed by atoms with Gasteiger partial charge in [0.2, 0.25) is 5.91 Å². The number of rotatable bonds is 5. The lowest BCUT2D eigenvalue weighted by molar-refractivity contribution is -0.126. The van der Waals surface area contributed by atoms with Gasteiger partial charge < -0.3 is 5.32 Å². The number of benzene rings is 1. The molecule has 26 heavy (non-hydrogen) atoms. The summed E-state index contributed by atoms with van der Waals surface area (Å²) in [4.78, 5) is 30.5. The van der Waals surface area contributed by atoms with E-state index in [9.17, 15) is 9.59 Å². The highest BCUT2D eigenvalue weighted by Crippen LogP contribution is 2.32. The second-order valence-electron chi connectivity index (χ2n) is 5.45. The minimum Gasteiger partial charge on any atom is -0.300 e. The molecule has 5 nitrogen and oxygen atoms in total. The third kappa shape index (κ3) is 4.66. The summed E-state index contributed by atoms with van der Waals surface area (Å²) in [7, 11) is 0. The van der Waals surface area contributed by atoms with E-state index >= 15 is 0 Å². The van der Waals surface area contributed by atoms with Gasteiger partial charge in [-0.25, -0.2) is 4.98 Å². The van der Waals surface area contributed by atoms with Crippen molar-refractivity contribution >= 4 is 62.7 Å². The maximum absolute atomic E-state index is 12.6. The lowest BCUT2D eigenvalue weighted by Crippen LogP contribution is -2.36. The first-order chi connectivity index (χ1) is 12.5. The van der Waals surface area contributed by atoms with Crippen LogP contribution in [0.3, 0.4) is 0 Å². The predicted molar refractivity (Wildman–Crippen MR) is 111 cm³/mol. The first-order valence-corrected chi connectivity index (χ1v) is 9.81.